The van der Waals surface area contributed by atoms with Gasteiger partial charge in [0.05, 0.1) is 12.8 Å². The average Bonchev–Trinajstić information content (AvgIpc) is 3.10. The maximum absolute atomic E-state index is 6.00. The third kappa shape index (κ3) is 3.14. The van der Waals surface area contributed by atoms with Gasteiger partial charge in [0.2, 0.25) is 11.7 Å². The van der Waals surface area contributed by atoms with Crippen molar-refractivity contribution in [2.75, 3.05) is 7.11 Å². The molecule has 4 aromatic rings. The van der Waals surface area contributed by atoms with Crippen molar-refractivity contribution in [1.82, 2.24) is 19.4 Å². The summed E-state index contributed by atoms with van der Waals surface area (Å²) < 4.78 is 13.0. The van der Waals surface area contributed by atoms with Gasteiger partial charge >= 0.3 is 0 Å². The molecule has 0 saturated carbocycles. The molecule has 6 nitrogen and oxygen atoms in total. The van der Waals surface area contributed by atoms with E-state index in [1.165, 1.54) is 0 Å². The second-order valence-electron chi connectivity index (χ2n) is 5.43. The predicted octanol–water partition coefficient (Wildman–Crippen LogP) is 3.38. The van der Waals surface area contributed by atoms with Gasteiger partial charge in [-0.05, 0) is 18.2 Å². The highest BCUT2D eigenvalue weighted by molar-refractivity contribution is 5.69. The molecule has 0 atom stereocenters. The minimum absolute atomic E-state index is 0.365. The van der Waals surface area contributed by atoms with Crippen LogP contribution in [0, 0.1) is 0 Å². The van der Waals surface area contributed by atoms with Crippen molar-refractivity contribution in [1.29, 1.82) is 0 Å². The summed E-state index contributed by atoms with van der Waals surface area (Å²) in [6, 6.07) is 13.5. The van der Waals surface area contributed by atoms with Gasteiger partial charge in [0.15, 0.2) is 0 Å². The fourth-order valence-corrected chi connectivity index (χ4v) is 2.59. The Bertz CT molecular complexity index is 963. The lowest BCUT2D eigenvalue weighted by atomic mass is 10.1. The maximum Gasteiger partial charge on any atom is 0.234 e. The van der Waals surface area contributed by atoms with Crippen LogP contribution in [0.2, 0.25) is 0 Å². The Morgan fingerprint density at radius 2 is 1.96 bits per heavy atom. The Kier molecular flexibility index (Phi) is 4.00. The zero-order valence-corrected chi connectivity index (χ0v) is 13.7. The Morgan fingerprint density at radius 3 is 2.76 bits per heavy atom. The zero-order chi connectivity index (χ0) is 17.1. The molecule has 0 unspecified atom stereocenters. The molecule has 6 heteroatoms. The van der Waals surface area contributed by atoms with E-state index in [-0.39, 0.29) is 0 Å². The van der Waals surface area contributed by atoms with Gasteiger partial charge in [-0.3, -0.25) is 4.40 Å². The molecule has 0 aliphatic carbocycles. The molecule has 3 heterocycles. The summed E-state index contributed by atoms with van der Waals surface area (Å²) in [6.45, 7) is 0.365. The molecule has 0 aliphatic heterocycles. The normalized spacial score (nSPS) is 10.8. The lowest BCUT2D eigenvalue weighted by Crippen LogP contribution is -1.97. The van der Waals surface area contributed by atoms with Crippen LogP contribution in [0.1, 0.15) is 5.69 Å². The van der Waals surface area contributed by atoms with Crippen LogP contribution in [0.5, 0.6) is 11.6 Å². The molecule has 0 N–H and O–H groups in total. The molecular weight excluding hydrogens is 316 g/mol. The quantitative estimate of drug-likeness (QED) is 0.561. The van der Waals surface area contributed by atoms with E-state index in [9.17, 15) is 0 Å². The van der Waals surface area contributed by atoms with Gasteiger partial charge in [0.25, 0.3) is 0 Å². The van der Waals surface area contributed by atoms with E-state index in [1.54, 1.807) is 19.5 Å². The SMILES string of the molecule is COc1ccc(-c2ccccc2OCc2cn3cccnc3n2)cn1. The fraction of sp³-hybridized carbons (Fsp3) is 0.105. The monoisotopic (exact) mass is 332 g/mol. The van der Waals surface area contributed by atoms with E-state index in [1.807, 2.05) is 59.3 Å². The van der Waals surface area contributed by atoms with Gasteiger partial charge in [-0.15, -0.1) is 0 Å². The van der Waals surface area contributed by atoms with E-state index in [4.69, 9.17) is 9.47 Å². The lowest BCUT2D eigenvalue weighted by molar-refractivity contribution is 0.303. The molecule has 1 aromatic carbocycles. The topological polar surface area (TPSA) is 61.5 Å². The van der Waals surface area contributed by atoms with Crippen molar-refractivity contribution in [3.05, 3.63) is 72.9 Å². The summed E-state index contributed by atoms with van der Waals surface area (Å²) in [6.07, 6.45) is 7.32. The van der Waals surface area contributed by atoms with E-state index < -0.39 is 0 Å². The number of methoxy groups -OCH3 is 1. The second kappa shape index (κ2) is 6.60. The summed E-state index contributed by atoms with van der Waals surface area (Å²) in [5.41, 5.74) is 2.76. The first-order valence-electron chi connectivity index (χ1n) is 7.84. The van der Waals surface area contributed by atoms with Crippen molar-refractivity contribution >= 4 is 5.78 Å². The minimum atomic E-state index is 0.365. The van der Waals surface area contributed by atoms with Gasteiger partial charge in [0, 0.05) is 42.0 Å². The zero-order valence-electron chi connectivity index (χ0n) is 13.7. The van der Waals surface area contributed by atoms with Crippen LogP contribution in [-0.2, 0) is 6.61 Å². The number of aromatic nitrogens is 4. The molecule has 3 aromatic heterocycles. The smallest absolute Gasteiger partial charge is 0.234 e. The van der Waals surface area contributed by atoms with Crippen LogP contribution >= 0.6 is 0 Å². The van der Waals surface area contributed by atoms with Crippen molar-refractivity contribution in [2.45, 2.75) is 6.61 Å². The first kappa shape index (κ1) is 15.1. The highest BCUT2D eigenvalue weighted by Crippen LogP contribution is 2.30. The molecule has 0 radical (unpaired) electrons. The number of benzene rings is 1. The van der Waals surface area contributed by atoms with Crippen LogP contribution in [0.25, 0.3) is 16.9 Å². The molecule has 0 bridgehead atoms. The first-order valence-corrected chi connectivity index (χ1v) is 7.84. The molecule has 0 spiro atoms. The fourth-order valence-electron chi connectivity index (χ4n) is 2.59. The largest absolute Gasteiger partial charge is 0.487 e. The van der Waals surface area contributed by atoms with Crippen LogP contribution in [-0.4, -0.2) is 26.5 Å². The third-order valence-electron chi connectivity index (χ3n) is 3.80. The van der Waals surface area contributed by atoms with E-state index in [2.05, 4.69) is 15.0 Å². The highest BCUT2D eigenvalue weighted by Gasteiger charge is 2.08. The number of para-hydroxylation sites is 1. The number of fused-ring (bicyclic) bond motifs is 1. The lowest BCUT2D eigenvalue weighted by Gasteiger charge is -2.10. The van der Waals surface area contributed by atoms with Crippen LogP contribution in [0.3, 0.4) is 0 Å². The number of hydrogen-bond acceptors (Lipinski definition) is 5. The molecular formula is C19H16N4O2. The highest BCUT2D eigenvalue weighted by atomic mass is 16.5. The summed E-state index contributed by atoms with van der Waals surface area (Å²) >= 11 is 0. The molecule has 0 saturated heterocycles. The Morgan fingerprint density at radius 1 is 1.04 bits per heavy atom. The second-order valence-corrected chi connectivity index (χ2v) is 5.43. The standard InChI is InChI=1S/C19H16N4O2/c1-24-18-8-7-14(11-21-18)16-5-2-3-6-17(16)25-13-15-12-23-10-4-9-20-19(23)22-15/h2-12H,13H2,1H3. The van der Waals surface area contributed by atoms with E-state index in [0.29, 0.717) is 18.3 Å². The number of hydrogen-bond donors (Lipinski definition) is 0. The van der Waals surface area contributed by atoms with Gasteiger partial charge in [-0.1, -0.05) is 18.2 Å². The van der Waals surface area contributed by atoms with Gasteiger partial charge in [-0.25, -0.2) is 15.0 Å². The third-order valence-corrected chi connectivity index (χ3v) is 3.80. The van der Waals surface area contributed by atoms with Gasteiger partial charge in [-0.2, -0.15) is 0 Å². The molecule has 0 fully saturated rings. The number of ether oxygens (including phenoxy) is 2. The van der Waals surface area contributed by atoms with Crippen molar-refractivity contribution in [3.63, 3.8) is 0 Å². The summed E-state index contributed by atoms with van der Waals surface area (Å²) in [7, 11) is 1.60. The summed E-state index contributed by atoms with van der Waals surface area (Å²) in [5, 5.41) is 0. The van der Waals surface area contributed by atoms with E-state index in [0.717, 1.165) is 22.6 Å². The van der Waals surface area contributed by atoms with Crippen LogP contribution in [0.4, 0.5) is 0 Å². The van der Waals surface area contributed by atoms with Crippen molar-refractivity contribution in [3.8, 4) is 22.8 Å². The Balaban J connectivity index is 1.58. The molecule has 124 valence electrons. The predicted molar refractivity (Wildman–Crippen MR) is 93.5 cm³/mol. The molecule has 0 aliphatic rings. The van der Waals surface area contributed by atoms with Crippen LogP contribution < -0.4 is 9.47 Å². The minimum Gasteiger partial charge on any atom is -0.487 e. The van der Waals surface area contributed by atoms with Gasteiger partial charge < -0.3 is 9.47 Å². The number of nitrogens with zero attached hydrogens (tertiary/aromatic N) is 4. The van der Waals surface area contributed by atoms with Crippen molar-refractivity contribution in [2.24, 2.45) is 0 Å². The number of pyridine rings is 1. The first-order chi connectivity index (χ1) is 12.3. The Hall–Kier alpha value is -3.41. The Labute approximate surface area is 144 Å². The summed E-state index contributed by atoms with van der Waals surface area (Å²) in [4.78, 5) is 12.9. The number of rotatable bonds is 5. The number of imidazole rings is 1. The summed E-state index contributed by atoms with van der Waals surface area (Å²) in [5.74, 6) is 2.02. The van der Waals surface area contributed by atoms with Gasteiger partial charge in [0.1, 0.15) is 12.4 Å². The molecule has 0 amide bonds. The average molecular weight is 332 g/mol. The molecule has 4 rings (SSSR count). The van der Waals surface area contributed by atoms with Crippen molar-refractivity contribution < 1.29 is 9.47 Å². The van der Waals surface area contributed by atoms with Crippen LogP contribution in [0.15, 0.2) is 67.3 Å². The molecule has 25 heavy (non-hydrogen) atoms. The van der Waals surface area contributed by atoms with E-state index >= 15 is 0 Å². The maximum atomic E-state index is 6.00.